The van der Waals surface area contributed by atoms with Crippen LogP contribution >= 0.6 is 0 Å². The van der Waals surface area contributed by atoms with Gasteiger partial charge in [0.05, 0.1) is 0 Å². The summed E-state index contributed by atoms with van der Waals surface area (Å²) in [4.78, 5) is 0. The summed E-state index contributed by atoms with van der Waals surface area (Å²) in [5.74, 6) is 2.79. The van der Waals surface area contributed by atoms with E-state index in [0.29, 0.717) is 33.4 Å². The molecule has 0 amide bonds. The van der Waals surface area contributed by atoms with E-state index >= 15 is 0 Å². The molecular weight excluding hydrogens is 763 g/mol. The topological polar surface area (TPSA) is 0 Å². The van der Waals surface area contributed by atoms with Crippen LogP contribution in [0.5, 0.6) is 0 Å². The van der Waals surface area contributed by atoms with Gasteiger partial charge in [-0.05, 0) is 203 Å². The molecule has 8 rings (SSSR count). The highest BCUT2D eigenvalue weighted by Crippen LogP contribution is 2.46. The van der Waals surface area contributed by atoms with Crippen LogP contribution in [0.2, 0.25) is 0 Å². The molecule has 0 nitrogen and oxygen atoms in total. The zero-order valence-corrected chi connectivity index (χ0v) is 37.6. The maximum atomic E-state index is 14.2. The first-order chi connectivity index (χ1) is 28.7. The minimum atomic E-state index is -0.670. The Morgan fingerprint density at radius 2 is 0.500 bits per heavy atom. The SMILES string of the molecule is Cc1ccc(C2CCC(C)CC2)c(F)c1F.Cc1ccc(C2CCC(C3CCC(C)CC3)CC2)c(F)c1F.Cc1ccc(C2CCC(C3CCC(C)CC3)CC2)c(F)c1F.[HH].[HH].[HH].[HH].[HH]. The Balaban J connectivity index is 0.000000476. The van der Waals surface area contributed by atoms with Crippen LogP contribution in [0, 0.1) is 97.1 Å². The standard InChI is InChI=1S/2C20H28F2.C14H18F2.5H2/c2*1-13-3-6-15(7-4-13)16-8-10-17(11-9-16)18-12-5-14(2)19(21)20(18)22;1-9-3-6-11(7-4-9)12-8-5-10(2)13(15)14(12)16;;;;;/h2*5,12-13,15-17H,3-4,6-11H2,1-2H3;5,8-9,11H,3-4,6-7H2,1-2H3;5*1H. The smallest absolute Gasteiger partial charge is 0.162 e. The van der Waals surface area contributed by atoms with E-state index in [1.165, 1.54) is 77.0 Å². The fourth-order valence-electron chi connectivity index (χ4n) is 11.8. The molecule has 342 valence electrons. The molecule has 5 aliphatic carbocycles. The summed E-state index contributed by atoms with van der Waals surface area (Å²) in [6, 6.07) is 10.5. The van der Waals surface area contributed by atoms with Crippen molar-refractivity contribution in [2.75, 3.05) is 0 Å². The molecule has 0 saturated heterocycles. The minimum absolute atomic E-state index is 0. The molecule has 5 fully saturated rings. The van der Waals surface area contributed by atoms with Crippen molar-refractivity contribution >= 4 is 0 Å². The fraction of sp³-hybridized carbons (Fsp3) is 0.667. The predicted molar refractivity (Wildman–Crippen MR) is 246 cm³/mol. The highest BCUT2D eigenvalue weighted by atomic mass is 19.2. The second kappa shape index (κ2) is 21.5. The molecular formula is C54H84F6. The van der Waals surface area contributed by atoms with Gasteiger partial charge < -0.3 is 0 Å². The molecule has 0 spiro atoms. The summed E-state index contributed by atoms with van der Waals surface area (Å²) in [6.45, 7) is 11.8. The Morgan fingerprint density at radius 1 is 0.300 bits per heavy atom. The van der Waals surface area contributed by atoms with Crippen LogP contribution in [0.25, 0.3) is 0 Å². The lowest BCUT2D eigenvalue weighted by Crippen LogP contribution is -2.25. The summed E-state index contributed by atoms with van der Waals surface area (Å²) in [6.07, 6.45) is 24.1. The molecule has 60 heavy (non-hydrogen) atoms. The molecule has 0 radical (unpaired) electrons. The minimum Gasteiger partial charge on any atom is -0.203 e. The van der Waals surface area contributed by atoms with E-state index in [-0.39, 0.29) is 24.9 Å². The van der Waals surface area contributed by atoms with Gasteiger partial charge in [0.1, 0.15) is 0 Å². The Morgan fingerprint density at radius 3 is 0.750 bits per heavy atom. The van der Waals surface area contributed by atoms with Gasteiger partial charge in [-0.2, -0.15) is 0 Å². The third-order valence-electron chi connectivity index (χ3n) is 16.2. The van der Waals surface area contributed by atoms with E-state index in [9.17, 15) is 26.3 Å². The quantitative estimate of drug-likeness (QED) is 0.224. The highest BCUT2D eigenvalue weighted by molar-refractivity contribution is 5.30. The number of benzene rings is 3. The van der Waals surface area contributed by atoms with Crippen molar-refractivity contribution in [1.82, 2.24) is 0 Å². The number of hydrogen-bond acceptors (Lipinski definition) is 0. The molecule has 0 heterocycles. The summed E-state index contributed by atoms with van der Waals surface area (Å²) in [5.41, 5.74) is 3.01. The van der Waals surface area contributed by atoms with Crippen LogP contribution in [0.1, 0.15) is 207 Å². The lowest BCUT2D eigenvalue weighted by molar-refractivity contribution is 0.164. The molecule has 0 unspecified atom stereocenters. The average Bonchev–Trinajstić information content (AvgIpc) is 3.26. The number of aryl methyl sites for hydroxylation is 3. The summed E-state index contributed by atoms with van der Waals surface area (Å²) < 4.78 is 83.1. The summed E-state index contributed by atoms with van der Waals surface area (Å²) in [5, 5.41) is 0. The van der Waals surface area contributed by atoms with Crippen molar-refractivity contribution in [2.45, 2.75) is 188 Å². The van der Waals surface area contributed by atoms with Crippen LogP contribution in [0.3, 0.4) is 0 Å². The normalized spacial score (nSPS) is 31.0. The van der Waals surface area contributed by atoms with Crippen molar-refractivity contribution in [1.29, 1.82) is 0 Å². The van der Waals surface area contributed by atoms with Gasteiger partial charge in [-0.3, -0.25) is 0 Å². The molecule has 0 bridgehead atoms. The van der Waals surface area contributed by atoms with Crippen LogP contribution in [0.15, 0.2) is 36.4 Å². The van der Waals surface area contributed by atoms with Gasteiger partial charge >= 0.3 is 0 Å². The number of hydrogen-bond donors (Lipinski definition) is 0. The number of halogens is 6. The Hall–Kier alpha value is -2.76. The molecule has 3 aromatic rings. The van der Waals surface area contributed by atoms with E-state index < -0.39 is 34.9 Å². The second-order valence-corrected chi connectivity index (χ2v) is 20.5. The Kier molecular flexibility index (Phi) is 16.8. The first-order valence-corrected chi connectivity index (χ1v) is 24.0. The lowest BCUT2D eigenvalue weighted by atomic mass is 9.68. The largest absolute Gasteiger partial charge is 0.203 e. The third-order valence-corrected chi connectivity index (χ3v) is 16.2. The maximum absolute atomic E-state index is 14.2. The number of rotatable bonds is 5. The van der Waals surface area contributed by atoms with Gasteiger partial charge in [0, 0.05) is 7.13 Å². The van der Waals surface area contributed by atoms with Crippen LogP contribution < -0.4 is 0 Å². The summed E-state index contributed by atoms with van der Waals surface area (Å²) >= 11 is 0. The van der Waals surface area contributed by atoms with Crippen molar-refractivity contribution in [3.05, 3.63) is 105 Å². The molecule has 0 aromatic heterocycles. The first-order valence-electron chi connectivity index (χ1n) is 24.0. The van der Waals surface area contributed by atoms with Crippen molar-refractivity contribution in [3.8, 4) is 0 Å². The first kappa shape index (κ1) is 46.7. The van der Waals surface area contributed by atoms with Gasteiger partial charge in [-0.1, -0.05) is 95.7 Å². The zero-order chi connectivity index (χ0) is 43.1. The van der Waals surface area contributed by atoms with Gasteiger partial charge in [0.25, 0.3) is 0 Å². The van der Waals surface area contributed by atoms with Crippen molar-refractivity contribution in [2.24, 2.45) is 41.4 Å². The van der Waals surface area contributed by atoms with E-state index in [2.05, 4.69) is 20.8 Å². The maximum Gasteiger partial charge on any atom is 0.162 e. The van der Waals surface area contributed by atoms with Crippen molar-refractivity contribution < 1.29 is 33.5 Å². The molecule has 5 aliphatic rings. The van der Waals surface area contributed by atoms with Crippen molar-refractivity contribution in [3.63, 3.8) is 0 Å². The van der Waals surface area contributed by atoms with Gasteiger partial charge in [-0.15, -0.1) is 0 Å². The fourth-order valence-corrected chi connectivity index (χ4v) is 11.8. The Bertz CT molecular complexity index is 1740. The second-order valence-electron chi connectivity index (χ2n) is 20.5. The zero-order valence-electron chi connectivity index (χ0n) is 37.6. The molecule has 6 heteroatoms. The molecule has 5 saturated carbocycles. The van der Waals surface area contributed by atoms with Crippen LogP contribution in [-0.2, 0) is 0 Å². The molecule has 0 atom stereocenters. The van der Waals surface area contributed by atoms with E-state index in [1.54, 1.807) is 57.2 Å². The Labute approximate surface area is 366 Å². The third kappa shape index (κ3) is 11.6. The van der Waals surface area contributed by atoms with Gasteiger partial charge in [0.2, 0.25) is 0 Å². The van der Waals surface area contributed by atoms with Gasteiger partial charge in [0.15, 0.2) is 34.9 Å². The van der Waals surface area contributed by atoms with E-state index in [4.69, 9.17) is 0 Å². The van der Waals surface area contributed by atoms with Crippen LogP contribution in [-0.4, -0.2) is 0 Å². The molecule has 0 aliphatic heterocycles. The molecule has 3 aromatic carbocycles. The monoisotopic (exact) mass is 847 g/mol. The van der Waals surface area contributed by atoms with E-state index in [0.717, 1.165) is 92.8 Å². The molecule has 0 N–H and O–H groups in total. The lowest BCUT2D eigenvalue weighted by Gasteiger charge is -2.37. The predicted octanol–water partition coefficient (Wildman–Crippen LogP) is 18.5. The summed E-state index contributed by atoms with van der Waals surface area (Å²) in [7, 11) is 0. The van der Waals surface area contributed by atoms with Crippen LogP contribution in [0.4, 0.5) is 26.3 Å². The average molecular weight is 847 g/mol. The van der Waals surface area contributed by atoms with E-state index in [1.807, 2.05) is 0 Å². The highest BCUT2D eigenvalue weighted by Gasteiger charge is 2.33. The van der Waals surface area contributed by atoms with Gasteiger partial charge in [-0.25, -0.2) is 26.3 Å².